The summed E-state index contributed by atoms with van der Waals surface area (Å²) in [5.74, 6) is 0.229. The van der Waals surface area contributed by atoms with Crippen LogP contribution in [-0.2, 0) is 5.60 Å². The van der Waals surface area contributed by atoms with Crippen LogP contribution in [0.15, 0.2) is 104 Å². The Bertz CT molecular complexity index is 1130. The molecule has 0 fully saturated rings. The van der Waals surface area contributed by atoms with Crippen LogP contribution in [0, 0.1) is 0 Å². The highest BCUT2D eigenvalue weighted by Gasteiger charge is 2.43. The van der Waals surface area contributed by atoms with Gasteiger partial charge in [-0.1, -0.05) is 48.5 Å². The van der Waals surface area contributed by atoms with Crippen molar-refractivity contribution >= 4 is 5.91 Å². The van der Waals surface area contributed by atoms with Gasteiger partial charge in [-0.05, 0) is 35.9 Å². The SMILES string of the molecule is COc1cccc(C(=O)N[C@H](c2ccccc2)C(O)(c2cccnc2)c2cccnc2)c1. The van der Waals surface area contributed by atoms with Gasteiger partial charge in [-0.15, -0.1) is 0 Å². The molecule has 0 aliphatic heterocycles. The number of pyridine rings is 2. The van der Waals surface area contributed by atoms with Crippen LogP contribution in [0.3, 0.4) is 0 Å². The molecule has 0 saturated heterocycles. The van der Waals surface area contributed by atoms with Crippen LogP contribution >= 0.6 is 0 Å². The number of nitrogens with zero attached hydrogens (tertiary/aromatic N) is 2. The van der Waals surface area contributed by atoms with Crippen molar-refractivity contribution in [2.45, 2.75) is 11.6 Å². The van der Waals surface area contributed by atoms with Crippen LogP contribution in [-0.4, -0.2) is 28.1 Å². The molecule has 4 rings (SSSR count). The molecule has 1 amide bonds. The molecule has 0 aliphatic rings. The molecule has 4 aromatic rings. The predicted molar refractivity (Wildman–Crippen MR) is 121 cm³/mol. The summed E-state index contributed by atoms with van der Waals surface area (Å²) in [6.07, 6.45) is 6.47. The molecule has 0 unspecified atom stereocenters. The van der Waals surface area contributed by atoms with E-state index in [0.29, 0.717) is 22.4 Å². The Morgan fingerprint density at radius 3 is 2.12 bits per heavy atom. The fraction of sp³-hybridized carbons (Fsp3) is 0.115. The number of hydrogen-bond acceptors (Lipinski definition) is 5. The number of methoxy groups -OCH3 is 1. The number of nitrogens with one attached hydrogen (secondary N) is 1. The van der Waals surface area contributed by atoms with Crippen molar-refractivity contribution in [1.29, 1.82) is 0 Å². The van der Waals surface area contributed by atoms with Gasteiger partial charge in [0.25, 0.3) is 5.91 Å². The number of rotatable bonds is 7. The number of carbonyl (C=O) groups is 1. The van der Waals surface area contributed by atoms with Crippen molar-refractivity contribution in [1.82, 2.24) is 15.3 Å². The number of aliphatic hydroxyl groups is 1. The Balaban J connectivity index is 1.85. The first-order chi connectivity index (χ1) is 15.6. The Labute approximate surface area is 186 Å². The number of amides is 1. The Morgan fingerprint density at radius 1 is 0.906 bits per heavy atom. The Morgan fingerprint density at radius 2 is 1.56 bits per heavy atom. The molecule has 0 saturated carbocycles. The zero-order valence-corrected chi connectivity index (χ0v) is 17.6. The second kappa shape index (κ2) is 9.41. The van der Waals surface area contributed by atoms with E-state index >= 15 is 0 Å². The maximum atomic E-state index is 13.3. The zero-order chi connectivity index (χ0) is 22.4. The minimum atomic E-state index is -1.63. The summed E-state index contributed by atoms with van der Waals surface area (Å²) in [6.45, 7) is 0. The third-order valence-electron chi connectivity index (χ3n) is 5.36. The van der Waals surface area contributed by atoms with Crippen molar-refractivity contribution < 1.29 is 14.6 Å². The summed E-state index contributed by atoms with van der Waals surface area (Å²) in [5.41, 5.74) is 0.600. The molecule has 2 heterocycles. The topological polar surface area (TPSA) is 84.3 Å². The van der Waals surface area contributed by atoms with E-state index in [9.17, 15) is 9.90 Å². The second-order valence-corrected chi connectivity index (χ2v) is 7.30. The molecule has 2 aromatic carbocycles. The van der Waals surface area contributed by atoms with E-state index in [1.54, 1.807) is 80.4 Å². The van der Waals surface area contributed by atoms with E-state index in [4.69, 9.17) is 4.74 Å². The van der Waals surface area contributed by atoms with Gasteiger partial charge < -0.3 is 15.2 Å². The van der Waals surface area contributed by atoms with E-state index in [-0.39, 0.29) is 5.91 Å². The minimum Gasteiger partial charge on any atom is -0.497 e. The first-order valence-electron chi connectivity index (χ1n) is 10.2. The highest BCUT2D eigenvalue weighted by molar-refractivity contribution is 5.95. The van der Waals surface area contributed by atoms with Gasteiger partial charge in [0.1, 0.15) is 11.4 Å². The van der Waals surface area contributed by atoms with Crippen molar-refractivity contribution in [3.63, 3.8) is 0 Å². The number of ether oxygens (including phenoxy) is 1. The monoisotopic (exact) mass is 425 g/mol. The highest BCUT2D eigenvalue weighted by Crippen LogP contribution is 2.40. The molecule has 160 valence electrons. The van der Waals surface area contributed by atoms with Gasteiger partial charge in [-0.2, -0.15) is 0 Å². The number of benzene rings is 2. The first-order valence-corrected chi connectivity index (χ1v) is 10.2. The summed E-state index contributed by atoms with van der Waals surface area (Å²) in [5, 5.41) is 15.3. The van der Waals surface area contributed by atoms with Gasteiger partial charge in [0.15, 0.2) is 0 Å². The minimum absolute atomic E-state index is 0.344. The molecule has 6 nitrogen and oxygen atoms in total. The van der Waals surface area contributed by atoms with Crippen LogP contribution < -0.4 is 10.1 Å². The van der Waals surface area contributed by atoms with E-state index in [2.05, 4.69) is 15.3 Å². The summed E-state index contributed by atoms with van der Waals surface area (Å²) in [6, 6.07) is 22.5. The second-order valence-electron chi connectivity index (χ2n) is 7.30. The van der Waals surface area contributed by atoms with Crippen molar-refractivity contribution in [3.05, 3.63) is 126 Å². The third-order valence-corrected chi connectivity index (χ3v) is 5.36. The molecule has 0 aliphatic carbocycles. The van der Waals surface area contributed by atoms with Gasteiger partial charge in [0, 0.05) is 41.5 Å². The van der Waals surface area contributed by atoms with Gasteiger partial charge in [-0.3, -0.25) is 14.8 Å². The fourth-order valence-corrected chi connectivity index (χ4v) is 3.73. The van der Waals surface area contributed by atoms with Gasteiger partial charge in [0.2, 0.25) is 0 Å². The van der Waals surface area contributed by atoms with Crippen molar-refractivity contribution in [2.75, 3.05) is 7.11 Å². The van der Waals surface area contributed by atoms with Gasteiger partial charge in [-0.25, -0.2) is 0 Å². The summed E-state index contributed by atoms with van der Waals surface area (Å²) >= 11 is 0. The average Bonchev–Trinajstić information content (AvgIpc) is 2.88. The van der Waals surface area contributed by atoms with E-state index in [0.717, 1.165) is 5.56 Å². The van der Waals surface area contributed by atoms with E-state index in [1.807, 2.05) is 30.3 Å². The lowest BCUT2D eigenvalue weighted by molar-refractivity contribution is 0.0332. The van der Waals surface area contributed by atoms with Crippen LogP contribution in [0.2, 0.25) is 0 Å². The third kappa shape index (κ3) is 4.22. The maximum Gasteiger partial charge on any atom is 0.252 e. The van der Waals surface area contributed by atoms with Gasteiger partial charge >= 0.3 is 0 Å². The standard InChI is InChI=1S/C26H23N3O3/c1-32-23-13-5-10-20(16-23)25(30)29-24(19-8-3-2-4-9-19)26(31,21-11-6-14-27-17-21)22-12-7-15-28-18-22/h2-18,24,31H,1H3,(H,29,30)/t24-/m1/s1. The fourth-order valence-electron chi connectivity index (χ4n) is 3.73. The van der Waals surface area contributed by atoms with Crippen LogP contribution in [0.4, 0.5) is 0 Å². The van der Waals surface area contributed by atoms with E-state index < -0.39 is 11.6 Å². The molecular formula is C26H23N3O3. The number of aromatic nitrogens is 2. The lowest BCUT2D eigenvalue weighted by Crippen LogP contribution is -2.45. The summed E-state index contributed by atoms with van der Waals surface area (Å²) in [7, 11) is 1.55. The molecule has 2 N–H and O–H groups in total. The molecule has 6 heteroatoms. The van der Waals surface area contributed by atoms with Crippen LogP contribution in [0.1, 0.15) is 33.1 Å². The molecule has 0 spiro atoms. The average molecular weight is 425 g/mol. The molecule has 0 radical (unpaired) electrons. The molecular weight excluding hydrogens is 402 g/mol. The van der Waals surface area contributed by atoms with Crippen LogP contribution in [0.5, 0.6) is 5.75 Å². The smallest absolute Gasteiger partial charge is 0.252 e. The quantitative estimate of drug-likeness (QED) is 0.469. The number of carbonyl (C=O) groups excluding carboxylic acids is 1. The van der Waals surface area contributed by atoms with Crippen molar-refractivity contribution in [2.24, 2.45) is 0 Å². The first kappa shape index (κ1) is 21.2. The van der Waals surface area contributed by atoms with Gasteiger partial charge in [0.05, 0.1) is 13.2 Å². The predicted octanol–water partition coefficient (Wildman–Crippen LogP) is 3.89. The molecule has 32 heavy (non-hydrogen) atoms. The summed E-state index contributed by atoms with van der Waals surface area (Å²) in [4.78, 5) is 21.7. The molecule has 1 atom stereocenters. The number of hydrogen-bond donors (Lipinski definition) is 2. The van der Waals surface area contributed by atoms with Crippen molar-refractivity contribution in [3.8, 4) is 5.75 Å². The molecule has 2 aromatic heterocycles. The lowest BCUT2D eigenvalue weighted by atomic mass is 9.78. The highest BCUT2D eigenvalue weighted by atomic mass is 16.5. The maximum absolute atomic E-state index is 13.3. The largest absolute Gasteiger partial charge is 0.497 e. The zero-order valence-electron chi connectivity index (χ0n) is 17.6. The lowest BCUT2D eigenvalue weighted by Gasteiger charge is -2.37. The summed E-state index contributed by atoms with van der Waals surface area (Å²) < 4.78 is 5.25. The van der Waals surface area contributed by atoms with Crippen LogP contribution in [0.25, 0.3) is 0 Å². The Kier molecular flexibility index (Phi) is 6.24. The Hall–Kier alpha value is -4.03. The molecule has 0 bridgehead atoms. The van der Waals surface area contributed by atoms with E-state index in [1.165, 1.54) is 0 Å². The normalized spacial score (nSPS) is 12.1.